The van der Waals surface area contributed by atoms with Crippen LogP contribution in [0.5, 0.6) is 0 Å². The highest BCUT2D eigenvalue weighted by molar-refractivity contribution is 6.31. The minimum Gasteiger partial charge on any atom is -0.378 e. The monoisotopic (exact) mass is 295 g/mol. The summed E-state index contributed by atoms with van der Waals surface area (Å²) in [5.41, 5.74) is 1.76. The van der Waals surface area contributed by atoms with Gasteiger partial charge in [-0.15, -0.1) is 0 Å². The lowest BCUT2D eigenvalue weighted by molar-refractivity contribution is 0.180. The summed E-state index contributed by atoms with van der Waals surface area (Å²) in [5.74, 6) is 0. The maximum atomic E-state index is 9.09. The molecule has 0 aliphatic rings. The zero-order chi connectivity index (χ0) is 13.8. The summed E-state index contributed by atoms with van der Waals surface area (Å²) in [7, 11) is 1.54. The van der Waals surface area contributed by atoms with E-state index >= 15 is 0 Å². The van der Waals surface area contributed by atoms with E-state index in [2.05, 4.69) is 5.10 Å². The molecular formula is C13H11Cl2N3O. The molecule has 98 valence electrons. The van der Waals surface area contributed by atoms with Crippen LogP contribution in [-0.2, 0) is 17.9 Å². The molecule has 0 saturated carbocycles. The molecule has 1 heterocycles. The fraction of sp³-hybridized carbons (Fsp3) is 0.231. The van der Waals surface area contributed by atoms with Crippen LogP contribution in [0.3, 0.4) is 0 Å². The molecule has 1 aromatic heterocycles. The molecule has 2 rings (SSSR count). The average Bonchev–Trinajstić information content (AvgIpc) is 2.69. The Morgan fingerprint density at radius 1 is 1.37 bits per heavy atom. The van der Waals surface area contributed by atoms with Crippen molar-refractivity contribution in [3.8, 4) is 6.07 Å². The van der Waals surface area contributed by atoms with Crippen LogP contribution in [0.1, 0.15) is 16.8 Å². The molecule has 0 bridgehead atoms. The minimum atomic E-state index is 0.248. The van der Waals surface area contributed by atoms with Gasteiger partial charge in [0.25, 0.3) is 0 Å². The molecule has 4 nitrogen and oxygen atoms in total. The molecule has 6 heteroatoms. The van der Waals surface area contributed by atoms with Gasteiger partial charge >= 0.3 is 0 Å². The molecule has 0 aliphatic carbocycles. The lowest BCUT2D eigenvalue weighted by Crippen LogP contribution is -2.03. The summed E-state index contributed by atoms with van der Waals surface area (Å²) in [5, 5.41) is 14.3. The number of aromatic nitrogens is 2. The Hall–Kier alpha value is -1.54. The molecule has 2 aromatic rings. The normalized spacial score (nSPS) is 10.4. The third kappa shape index (κ3) is 2.90. The van der Waals surface area contributed by atoms with Crippen molar-refractivity contribution in [3.05, 3.63) is 51.3 Å². The number of nitriles is 1. The van der Waals surface area contributed by atoms with Gasteiger partial charge in [-0.1, -0.05) is 41.4 Å². The Labute approximate surface area is 121 Å². The second kappa shape index (κ2) is 6.07. The van der Waals surface area contributed by atoms with E-state index in [1.807, 2.05) is 24.3 Å². The van der Waals surface area contributed by atoms with Crippen LogP contribution >= 0.6 is 23.2 Å². The zero-order valence-electron chi connectivity index (χ0n) is 10.2. The van der Waals surface area contributed by atoms with Crippen molar-refractivity contribution in [2.75, 3.05) is 7.11 Å². The van der Waals surface area contributed by atoms with Crippen LogP contribution in [0.2, 0.25) is 10.2 Å². The van der Waals surface area contributed by atoms with Crippen LogP contribution < -0.4 is 0 Å². The number of ether oxygens (including phenoxy) is 1. The Kier molecular flexibility index (Phi) is 4.43. The molecule has 0 amide bonds. The molecule has 0 radical (unpaired) electrons. The molecular weight excluding hydrogens is 285 g/mol. The van der Waals surface area contributed by atoms with Gasteiger partial charge in [-0.25, -0.2) is 4.68 Å². The summed E-state index contributed by atoms with van der Waals surface area (Å²) in [6.45, 7) is 0.662. The van der Waals surface area contributed by atoms with Gasteiger partial charge in [0.1, 0.15) is 22.5 Å². The highest BCUT2D eigenvalue weighted by atomic mass is 35.5. The highest BCUT2D eigenvalue weighted by Gasteiger charge is 2.16. The molecule has 1 aromatic carbocycles. The first kappa shape index (κ1) is 13.9. The topological polar surface area (TPSA) is 50.8 Å². The van der Waals surface area contributed by atoms with E-state index in [0.29, 0.717) is 28.0 Å². The largest absolute Gasteiger partial charge is 0.378 e. The van der Waals surface area contributed by atoms with E-state index < -0.39 is 0 Å². The predicted molar refractivity (Wildman–Crippen MR) is 73.2 cm³/mol. The lowest BCUT2D eigenvalue weighted by Gasteiger charge is -2.05. The number of hydrogen-bond donors (Lipinski definition) is 0. The van der Waals surface area contributed by atoms with Crippen LogP contribution in [0.15, 0.2) is 24.3 Å². The number of rotatable bonds is 4. The Bertz CT molecular complexity index is 631. The average molecular weight is 296 g/mol. The number of hydrogen-bond acceptors (Lipinski definition) is 3. The third-order valence-corrected chi connectivity index (χ3v) is 3.39. The first-order valence-corrected chi connectivity index (χ1v) is 6.30. The van der Waals surface area contributed by atoms with E-state index in [0.717, 1.165) is 5.56 Å². The van der Waals surface area contributed by atoms with Gasteiger partial charge in [0.15, 0.2) is 0 Å². The quantitative estimate of drug-likeness (QED) is 0.870. The smallest absolute Gasteiger partial charge is 0.145 e. The van der Waals surface area contributed by atoms with Gasteiger partial charge in [0.05, 0.1) is 13.2 Å². The van der Waals surface area contributed by atoms with Gasteiger partial charge in [0, 0.05) is 12.1 Å². The third-order valence-electron chi connectivity index (χ3n) is 2.63. The Morgan fingerprint density at radius 3 is 2.74 bits per heavy atom. The van der Waals surface area contributed by atoms with E-state index in [9.17, 15) is 0 Å². The van der Waals surface area contributed by atoms with E-state index in [4.69, 9.17) is 33.2 Å². The van der Waals surface area contributed by atoms with Crippen LogP contribution in [0.4, 0.5) is 0 Å². The van der Waals surface area contributed by atoms with E-state index in [-0.39, 0.29) is 6.61 Å². The number of methoxy groups -OCH3 is 1. The molecule has 0 spiro atoms. The SMILES string of the molecule is COCc1nn(Cc2ccccc2Cl)c(Cl)c1C#N. The molecule has 0 N–H and O–H groups in total. The summed E-state index contributed by atoms with van der Waals surface area (Å²) in [4.78, 5) is 0. The minimum absolute atomic E-state index is 0.248. The Balaban J connectivity index is 2.36. The second-order valence-electron chi connectivity index (χ2n) is 3.91. The van der Waals surface area contributed by atoms with Crippen molar-refractivity contribution in [2.45, 2.75) is 13.2 Å². The molecule has 0 unspecified atom stereocenters. The first-order valence-electron chi connectivity index (χ1n) is 5.55. The van der Waals surface area contributed by atoms with Gasteiger partial charge in [-0.05, 0) is 11.6 Å². The van der Waals surface area contributed by atoms with Gasteiger partial charge in [-0.2, -0.15) is 10.4 Å². The van der Waals surface area contributed by atoms with Crippen molar-refractivity contribution >= 4 is 23.2 Å². The van der Waals surface area contributed by atoms with E-state index in [1.54, 1.807) is 17.9 Å². The zero-order valence-corrected chi connectivity index (χ0v) is 11.7. The highest BCUT2D eigenvalue weighted by Crippen LogP contribution is 2.23. The lowest BCUT2D eigenvalue weighted by atomic mass is 10.2. The Morgan fingerprint density at radius 2 is 2.11 bits per heavy atom. The first-order chi connectivity index (χ1) is 9.17. The predicted octanol–water partition coefficient (Wildman–Crippen LogP) is 3.26. The van der Waals surface area contributed by atoms with Gasteiger partial charge in [-0.3, -0.25) is 0 Å². The molecule has 0 aliphatic heterocycles. The van der Waals surface area contributed by atoms with Crippen molar-refractivity contribution < 1.29 is 4.74 Å². The summed E-state index contributed by atoms with van der Waals surface area (Å²) < 4.78 is 6.55. The van der Waals surface area contributed by atoms with Gasteiger partial charge in [0.2, 0.25) is 0 Å². The van der Waals surface area contributed by atoms with Crippen LogP contribution in [0, 0.1) is 11.3 Å². The number of benzene rings is 1. The maximum Gasteiger partial charge on any atom is 0.145 e. The molecule has 0 fully saturated rings. The van der Waals surface area contributed by atoms with Gasteiger partial charge < -0.3 is 4.74 Å². The van der Waals surface area contributed by atoms with Crippen molar-refractivity contribution in [1.29, 1.82) is 5.26 Å². The van der Waals surface area contributed by atoms with Crippen molar-refractivity contribution in [2.24, 2.45) is 0 Å². The summed E-state index contributed by atoms with van der Waals surface area (Å²) in [6, 6.07) is 9.48. The van der Waals surface area contributed by atoms with E-state index in [1.165, 1.54) is 0 Å². The fourth-order valence-corrected chi connectivity index (χ4v) is 2.17. The van der Waals surface area contributed by atoms with Crippen LogP contribution in [-0.4, -0.2) is 16.9 Å². The number of halogens is 2. The number of nitrogens with zero attached hydrogens (tertiary/aromatic N) is 3. The van der Waals surface area contributed by atoms with Crippen molar-refractivity contribution in [3.63, 3.8) is 0 Å². The standard InChI is InChI=1S/C13H11Cl2N3O/c1-19-8-12-10(6-16)13(15)18(17-12)7-9-4-2-3-5-11(9)14/h2-5H,7-8H2,1H3. The van der Waals surface area contributed by atoms with Crippen LogP contribution in [0.25, 0.3) is 0 Å². The molecule has 0 atom stereocenters. The molecule has 0 saturated heterocycles. The fourth-order valence-electron chi connectivity index (χ4n) is 1.73. The molecule has 19 heavy (non-hydrogen) atoms. The summed E-state index contributed by atoms with van der Waals surface area (Å²) in [6.07, 6.45) is 0. The second-order valence-corrected chi connectivity index (χ2v) is 4.67. The summed E-state index contributed by atoms with van der Waals surface area (Å²) >= 11 is 12.2. The maximum absolute atomic E-state index is 9.09. The van der Waals surface area contributed by atoms with Crippen molar-refractivity contribution in [1.82, 2.24) is 9.78 Å².